The third kappa shape index (κ3) is 3.64. The van der Waals surface area contributed by atoms with E-state index in [4.69, 9.17) is 0 Å². The van der Waals surface area contributed by atoms with E-state index < -0.39 is 0 Å². The van der Waals surface area contributed by atoms with Crippen molar-refractivity contribution in [3.8, 4) is 0 Å². The molecule has 3 atom stereocenters. The molecular weight excluding hydrogens is 350 g/mol. The maximum absolute atomic E-state index is 13.5. The molecule has 4 rings (SSSR count). The number of likely N-dealkylation sites (N-methyl/N-ethyl adjacent to an activating group) is 2. The Morgan fingerprint density at radius 2 is 1.89 bits per heavy atom. The van der Waals surface area contributed by atoms with E-state index in [1.165, 1.54) is 5.56 Å². The summed E-state index contributed by atoms with van der Waals surface area (Å²) in [5.74, 6) is 0.146. The van der Waals surface area contributed by atoms with Crippen molar-refractivity contribution in [2.75, 3.05) is 38.6 Å². The zero-order chi connectivity index (χ0) is 19.7. The van der Waals surface area contributed by atoms with Crippen LogP contribution < -0.4 is 4.90 Å². The second kappa shape index (κ2) is 7.94. The summed E-state index contributed by atoms with van der Waals surface area (Å²) in [5.41, 5.74) is 3.52. The number of fused-ring (bicyclic) bond motifs is 1. The summed E-state index contributed by atoms with van der Waals surface area (Å²) in [4.78, 5) is 19.8. The highest BCUT2D eigenvalue weighted by Crippen LogP contribution is 2.33. The molecule has 0 spiro atoms. The number of aliphatic hydroxyl groups is 1. The van der Waals surface area contributed by atoms with Crippen LogP contribution in [0.4, 0.5) is 5.69 Å². The van der Waals surface area contributed by atoms with Crippen LogP contribution in [0.1, 0.15) is 23.6 Å². The lowest BCUT2D eigenvalue weighted by atomic mass is 10.0. The first-order chi connectivity index (χ1) is 13.5. The Morgan fingerprint density at radius 1 is 1.18 bits per heavy atom. The number of benzene rings is 2. The average molecular weight is 380 g/mol. The molecule has 0 aliphatic carbocycles. The smallest absolute Gasteiger partial charge is 0.245 e. The van der Waals surface area contributed by atoms with Gasteiger partial charge in [-0.1, -0.05) is 48.5 Å². The molecule has 2 aromatic carbocycles. The number of β-amino-alcohol motifs (C(OH)–C–C–N with tert-alkyl or cyclic N) is 1. The molecule has 5 nitrogen and oxygen atoms in total. The largest absolute Gasteiger partial charge is 0.392 e. The van der Waals surface area contributed by atoms with Gasteiger partial charge in [0.25, 0.3) is 0 Å². The number of hydrogen-bond donors (Lipinski definition) is 1. The molecule has 28 heavy (non-hydrogen) atoms. The van der Waals surface area contributed by atoms with Crippen molar-refractivity contribution in [2.45, 2.75) is 31.0 Å². The number of para-hydroxylation sites is 1. The zero-order valence-electron chi connectivity index (χ0n) is 16.7. The summed E-state index contributed by atoms with van der Waals surface area (Å²) in [7, 11) is 3.93. The van der Waals surface area contributed by atoms with Gasteiger partial charge in [-0.15, -0.1) is 0 Å². The minimum atomic E-state index is -0.257. The minimum absolute atomic E-state index is 0.0314. The van der Waals surface area contributed by atoms with Crippen molar-refractivity contribution >= 4 is 11.6 Å². The highest BCUT2D eigenvalue weighted by atomic mass is 16.3. The fraction of sp³-hybridized carbons (Fsp3) is 0.435. The Bertz CT molecular complexity index is 826. The van der Waals surface area contributed by atoms with E-state index in [2.05, 4.69) is 34.1 Å². The summed E-state index contributed by atoms with van der Waals surface area (Å²) in [6.07, 6.45) is 1.30. The van der Waals surface area contributed by atoms with Crippen LogP contribution in [0.15, 0.2) is 54.6 Å². The number of nitrogens with zero attached hydrogens (tertiary/aromatic N) is 3. The third-order valence-electron chi connectivity index (χ3n) is 6.22. The Morgan fingerprint density at radius 3 is 2.57 bits per heavy atom. The average Bonchev–Trinajstić information content (AvgIpc) is 3.29. The first-order valence-corrected chi connectivity index (χ1v) is 10.1. The maximum Gasteiger partial charge on any atom is 0.245 e. The number of amides is 1. The number of carbonyl (C=O) groups is 1. The summed E-state index contributed by atoms with van der Waals surface area (Å²) < 4.78 is 0. The number of likely N-dealkylation sites (tertiary alicyclic amines) is 1. The van der Waals surface area contributed by atoms with Crippen LogP contribution in [0.3, 0.4) is 0 Å². The monoisotopic (exact) mass is 379 g/mol. The zero-order valence-corrected chi connectivity index (χ0v) is 16.7. The molecule has 1 N–H and O–H groups in total. The number of hydrogen-bond acceptors (Lipinski definition) is 4. The lowest BCUT2D eigenvalue weighted by Crippen LogP contribution is -2.48. The Balaban J connectivity index is 1.55. The molecule has 0 saturated carbocycles. The highest BCUT2D eigenvalue weighted by molar-refractivity contribution is 5.88. The predicted octanol–water partition coefficient (Wildman–Crippen LogP) is 2.31. The Labute approximate surface area is 167 Å². The minimum Gasteiger partial charge on any atom is -0.392 e. The fourth-order valence-corrected chi connectivity index (χ4v) is 4.53. The lowest BCUT2D eigenvalue weighted by molar-refractivity contribution is -0.133. The maximum atomic E-state index is 13.5. The first kappa shape index (κ1) is 19.0. The van der Waals surface area contributed by atoms with E-state index in [1.54, 1.807) is 0 Å². The van der Waals surface area contributed by atoms with Gasteiger partial charge in [-0.3, -0.25) is 9.69 Å². The van der Waals surface area contributed by atoms with Gasteiger partial charge in [-0.2, -0.15) is 0 Å². The second-order valence-corrected chi connectivity index (χ2v) is 8.04. The molecule has 2 aromatic rings. The van der Waals surface area contributed by atoms with Crippen molar-refractivity contribution in [3.63, 3.8) is 0 Å². The molecule has 2 aliphatic rings. The van der Waals surface area contributed by atoms with Gasteiger partial charge >= 0.3 is 0 Å². The van der Waals surface area contributed by atoms with Crippen LogP contribution >= 0.6 is 0 Å². The van der Waals surface area contributed by atoms with Gasteiger partial charge in [0.15, 0.2) is 0 Å². The van der Waals surface area contributed by atoms with E-state index in [0.717, 1.165) is 37.2 Å². The molecule has 1 amide bonds. The first-order valence-electron chi connectivity index (χ1n) is 10.1. The lowest BCUT2D eigenvalue weighted by Gasteiger charge is -2.35. The van der Waals surface area contributed by atoms with Gasteiger partial charge in [0, 0.05) is 45.8 Å². The number of rotatable bonds is 5. The molecule has 5 heteroatoms. The summed E-state index contributed by atoms with van der Waals surface area (Å²) in [6, 6.07) is 18.3. The van der Waals surface area contributed by atoms with Gasteiger partial charge in [0.05, 0.1) is 12.1 Å². The molecule has 1 fully saturated rings. The van der Waals surface area contributed by atoms with Gasteiger partial charge in [0.1, 0.15) is 6.04 Å². The number of anilines is 1. The standard InChI is InChI=1S/C23H29N3O2/c1-24-20-11-7-6-10-18(20)14-21(24)23(28)25(2)22(17-8-4-3-5-9-17)16-26-13-12-19(27)15-26/h3-11,19,21-22,27H,12-16H2,1-2H3/t19-,21?,22+/m0/s1. The topological polar surface area (TPSA) is 47.0 Å². The van der Waals surface area contributed by atoms with E-state index in [0.29, 0.717) is 6.54 Å². The SMILES string of the molecule is CN1c2ccccc2CC1C(=O)N(C)[C@H](CN1CC[C@H](O)C1)c1ccccc1. The molecule has 0 bridgehead atoms. The van der Waals surface area contributed by atoms with Gasteiger partial charge < -0.3 is 14.9 Å². The van der Waals surface area contributed by atoms with Crippen LogP contribution in [-0.4, -0.2) is 66.7 Å². The summed E-state index contributed by atoms with van der Waals surface area (Å²) in [5, 5.41) is 9.91. The molecular formula is C23H29N3O2. The summed E-state index contributed by atoms with van der Waals surface area (Å²) >= 11 is 0. The van der Waals surface area contributed by atoms with E-state index in [9.17, 15) is 9.90 Å². The van der Waals surface area contributed by atoms with Crippen molar-refractivity contribution in [3.05, 3.63) is 65.7 Å². The highest BCUT2D eigenvalue weighted by Gasteiger charge is 2.36. The van der Waals surface area contributed by atoms with Crippen LogP contribution in [0.2, 0.25) is 0 Å². The summed E-state index contributed by atoms with van der Waals surface area (Å²) in [6.45, 7) is 2.30. The molecule has 148 valence electrons. The van der Waals surface area contributed by atoms with Crippen molar-refractivity contribution in [1.82, 2.24) is 9.80 Å². The molecule has 2 aliphatic heterocycles. The normalized spacial score (nSPS) is 22.9. The Hall–Kier alpha value is -2.37. The van der Waals surface area contributed by atoms with E-state index in [1.807, 2.05) is 49.3 Å². The third-order valence-corrected chi connectivity index (χ3v) is 6.22. The van der Waals surface area contributed by atoms with Gasteiger partial charge in [0.2, 0.25) is 5.91 Å². The Kier molecular flexibility index (Phi) is 5.38. The molecule has 1 unspecified atom stereocenters. The number of carbonyl (C=O) groups excluding carboxylic acids is 1. The van der Waals surface area contributed by atoms with Gasteiger partial charge in [-0.05, 0) is 23.6 Å². The molecule has 0 aromatic heterocycles. The van der Waals surface area contributed by atoms with Crippen LogP contribution in [0.25, 0.3) is 0 Å². The molecule has 0 radical (unpaired) electrons. The van der Waals surface area contributed by atoms with E-state index in [-0.39, 0.29) is 24.1 Å². The second-order valence-electron chi connectivity index (χ2n) is 8.04. The fourth-order valence-electron chi connectivity index (χ4n) is 4.53. The molecule has 2 heterocycles. The van der Waals surface area contributed by atoms with Gasteiger partial charge in [-0.25, -0.2) is 0 Å². The molecule has 1 saturated heterocycles. The van der Waals surface area contributed by atoms with E-state index >= 15 is 0 Å². The predicted molar refractivity (Wildman–Crippen MR) is 111 cm³/mol. The van der Waals surface area contributed by atoms with Crippen LogP contribution in [-0.2, 0) is 11.2 Å². The number of aliphatic hydroxyl groups excluding tert-OH is 1. The van der Waals surface area contributed by atoms with Crippen molar-refractivity contribution in [1.29, 1.82) is 0 Å². The van der Waals surface area contributed by atoms with Crippen LogP contribution in [0, 0.1) is 0 Å². The van der Waals surface area contributed by atoms with Crippen LogP contribution in [0.5, 0.6) is 0 Å². The van der Waals surface area contributed by atoms with Crippen molar-refractivity contribution < 1.29 is 9.90 Å². The quantitative estimate of drug-likeness (QED) is 0.866. The van der Waals surface area contributed by atoms with Crippen molar-refractivity contribution in [2.24, 2.45) is 0 Å².